The van der Waals surface area contributed by atoms with Crippen LogP contribution in [-0.2, 0) is 11.2 Å². The zero-order valence-electron chi connectivity index (χ0n) is 14.2. The van der Waals surface area contributed by atoms with Gasteiger partial charge in [0, 0.05) is 11.3 Å². The Morgan fingerprint density at radius 3 is 2.12 bits per heavy atom. The predicted octanol–water partition coefficient (Wildman–Crippen LogP) is 4.46. The minimum absolute atomic E-state index is 0.166. The first-order chi connectivity index (χ1) is 11.6. The quantitative estimate of drug-likeness (QED) is 0.765. The fourth-order valence-electron chi connectivity index (χ4n) is 2.31. The van der Waals surface area contributed by atoms with E-state index in [1.165, 1.54) is 5.56 Å². The van der Waals surface area contributed by atoms with Gasteiger partial charge in [0.2, 0.25) is 0 Å². The molecular weight excluding hydrogens is 302 g/mol. The molecule has 0 spiro atoms. The van der Waals surface area contributed by atoms with Gasteiger partial charge in [0.25, 0.3) is 5.91 Å². The monoisotopic (exact) mass is 325 g/mol. The normalized spacial score (nSPS) is 10.2. The number of hydrogen-bond donors (Lipinski definition) is 1. The van der Waals surface area contributed by atoms with Crippen molar-refractivity contribution in [1.82, 2.24) is 0 Å². The van der Waals surface area contributed by atoms with Crippen LogP contribution in [0.15, 0.2) is 48.5 Å². The van der Waals surface area contributed by atoms with Crippen LogP contribution in [0, 0.1) is 0 Å². The number of nitrogens with one attached hydrogen (secondary N) is 1. The van der Waals surface area contributed by atoms with Gasteiger partial charge in [0.1, 0.15) is 0 Å². The second kappa shape index (κ2) is 8.87. The standard InChI is InChI=1S/C20H23NO3/c1-3-5-6-15-7-9-16(10-8-15)19(22)21-18-13-11-17(12-14-18)20(23)24-4-2/h7-14H,3-6H2,1-2H3,(H,21,22). The number of carbonyl (C=O) groups excluding carboxylic acids is 2. The zero-order valence-corrected chi connectivity index (χ0v) is 14.2. The zero-order chi connectivity index (χ0) is 17.4. The van der Waals surface area contributed by atoms with Gasteiger partial charge in [-0.15, -0.1) is 0 Å². The molecular formula is C20H23NO3. The van der Waals surface area contributed by atoms with E-state index in [4.69, 9.17) is 4.74 Å². The van der Waals surface area contributed by atoms with Gasteiger partial charge in [0.05, 0.1) is 12.2 Å². The molecule has 4 nitrogen and oxygen atoms in total. The highest BCUT2D eigenvalue weighted by Gasteiger charge is 2.08. The molecule has 2 rings (SSSR count). The van der Waals surface area contributed by atoms with Crippen LogP contribution in [0.5, 0.6) is 0 Å². The molecule has 2 aromatic rings. The van der Waals surface area contributed by atoms with E-state index in [0.717, 1.165) is 19.3 Å². The molecule has 0 aromatic heterocycles. The maximum absolute atomic E-state index is 12.3. The molecule has 24 heavy (non-hydrogen) atoms. The number of anilines is 1. The Hall–Kier alpha value is -2.62. The lowest BCUT2D eigenvalue weighted by Crippen LogP contribution is -2.12. The molecule has 126 valence electrons. The summed E-state index contributed by atoms with van der Waals surface area (Å²) in [7, 11) is 0. The second-order valence-corrected chi connectivity index (χ2v) is 5.55. The van der Waals surface area contributed by atoms with Gasteiger partial charge in [-0.3, -0.25) is 4.79 Å². The first kappa shape index (κ1) is 17.7. The number of benzene rings is 2. The van der Waals surface area contributed by atoms with Crippen molar-refractivity contribution in [3.05, 3.63) is 65.2 Å². The second-order valence-electron chi connectivity index (χ2n) is 5.55. The number of ether oxygens (including phenoxy) is 1. The van der Waals surface area contributed by atoms with Gasteiger partial charge in [0.15, 0.2) is 0 Å². The molecule has 2 aromatic carbocycles. The largest absolute Gasteiger partial charge is 0.462 e. The topological polar surface area (TPSA) is 55.4 Å². The van der Waals surface area contributed by atoms with Crippen molar-refractivity contribution in [3.63, 3.8) is 0 Å². The molecule has 0 aliphatic heterocycles. The van der Waals surface area contributed by atoms with Crippen molar-refractivity contribution in [2.75, 3.05) is 11.9 Å². The Bertz CT molecular complexity index is 675. The van der Waals surface area contributed by atoms with Crippen LogP contribution >= 0.6 is 0 Å². The Balaban J connectivity index is 1.97. The maximum atomic E-state index is 12.3. The summed E-state index contributed by atoms with van der Waals surface area (Å²) in [5.41, 5.74) is 2.97. The smallest absolute Gasteiger partial charge is 0.338 e. The number of hydrogen-bond acceptors (Lipinski definition) is 3. The molecule has 0 heterocycles. The van der Waals surface area contributed by atoms with E-state index in [0.29, 0.717) is 23.4 Å². The lowest BCUT2D eigenvalue weighted by molar-refractivity contribution is 0.0526. The van der Waals surface area contributed by atoms with Crippen molar-refractivity contribution in [3.8, 4) is 0 Å². The lowest BCUT2D eigenvalue weighted by Gasteiger charge is -2.07. The van der Waals surface area contributed by atoms with Crippen LogP contribution in [0.25, 0.3) is 0 Å². The van der Waals surface area contributed by atoms with E-state index in [1.54, 1.807) is 31.2 Å². The van der Waals surface area contributed by atoms with Gasteiger partial charge in [-0.25, -0.2) is 4.79 Å². The van der Waals surface area contributed by atoms with E-state index >= 15 is 0 Å². The molecule has 0 bridgehead atoms. The predicted molar refractivity (Wildman–Crippen MR) is 95.4 cm³/mol. The molecule has 0 radical (unpaired) electrons. The van der Waals surface area contributed by atoms with Gasteiger partial charge in [-0.2, -0.15) is 0 Å². The van der Waals surface area contributed by atoms with Gasteiger partial charge < -0.3 is 10.1 Å². The summed E-state index contributed by atoms with van der Waals surface area (Å²) in [6.07, 6.45) is 3.34. The molecule has 1 amide bonds. The molecule has 0 unspecified atom stereocenters. The summed E-state index contributed by atoms with van der Waals surface area (Å²) in [5.74, 6) is -0.529. The third kappa shape index (κ3) is 4.95. The van der Waals surface area contributed by atoms with Crippen LogP contribution in [0.1, 0.15) is 53.0 Å². The van der Waals surface area contributed by atoms with E-state index in [1.807, 2.05) is 24.3 Å². The average Bonchev–Trinajstić information content (AvgIpc) is 2.61. The minimum Gasteiger partial charge on any atom is -0.462 e. The van der Waals surface area contributed by atoms with E-state index in [2.05, 4.69) is 12.2 Å². The first-order valence-corrected chi connectivity index (χ1v) is 8.31. The van der Waals surface area contributed by atoms with E-state index in [9.17, 15) is 9.59 Å². The SMILES string of the molecule is CCCCc1ccc(C(=O)Nc2ccc(C(=O)OCC)cc2)cc1. The number of esters is 1. The molecule has 0 aliphatic rings. The van der Waals surface area contributed by atoms with Crippen molar-refractivity contribution in [1.29, 1.82) is 0 Å². The number of carbonyl (C=O) groups is 2. The van der Waals surface area contributed by atoms with Crippen LogP contribution in [0.4, 0.5) is 5.69 Å². The summed E-state index contributed by atoms with van der Waals surface area (Å²) in [6, 6.07) is 14.3. The fraction of sp³-hybridized carbons (Fsp3) is 0.300. The Labute approximate surface area is 142 Å². The van der Waals surface area contributed by atoms with Crippen molar-refractivity contribution in [2.24, 2.45) is 0 Å². The third-order valence-electron chi connectivity index (χ3n) is 3.69. The van der Waals surface area contributed by atoms with Crippen LogP contribution in [-0.4, -0.2) is 18.5 Å². The summed E-state index contributed by atoms with van der Waals surface area (Å²) in [5, 5.41) is 2.83. The highest BCUT2D eigenvalue weighted by Crippen LogP contribution is 2.13. The highest BCUT2D eigenvalue weighted by atomic mass is 16.5. The van der Waals surface area contributed by atoms with Crippen molar-refractivity contribution < 1.29 is 14.3 Å². The average molecular weight is 325 g/mol. The Morgan fingerprint density at radius 1 is 0.917 bits per heavy atom. The molecule has 0 saturated carbocycles. The van der Waals surface area contributed by atoms with Gasteiger partial charge >= 0.3 is 5.97 Å². The summed E-state index contributed by atoms with van der Waals surface area (Å²) in [4.78, 5) is 23.9. The summed E-state index contributed by atoms with van der Waals surface area (Å²) < 4.78 is 4.93. The molecule has 0 atom stereocenters. The molecule has 0 saturated heterocycles. The molecule has 4 heteroatoms. The molecule has 1 N–H and O–H groups in total. The fourth-order valence-corrected chi connectivity index (χ4v) is 2.31. The van der Waals surface area contributed by atoms with E-state index < -0.39 is 0 Å². The summed E-state index contributed by atoms with van der Waals surface area (Å²) in [6.45, 7) is 4.26. The van der Waals surface area contributed by atoms with Crippen LogP contribution in [0.2, 0.25) is 0 Å². The molecule has 0 aliphatic carbocycles. The van der Waals surface area contributed by atoms with Crippen LogP contribution < -0.4 is 5.32 Å². The Kier molecular flexibility index (Phi) is 6.55. The number of unbranched alkanes of at least 4 members (excludes halogenated alkanes) is 1. The third-order valence-corrected chi connectivity index (χ3v) is 3.69. The number of aryl methyl sites for hydroxylation is 1. The maximum Gasteiger partial charge on any atom is 0.338 e. The lowest BCUT2D eigenvalue weighted by atomic mass is 10.1. The van der Waals surface area contributed by atoms with Crippen LogP contribution in [0.3, 0.4) is 0 Å². The number of amides is 1. The Morgan fingerprint density at radius 2 is 1.54 bits per heavy atom. The van der Waals surface area contributed by atoms with Gasteiger partial charge in [-0.05, 0) is 61.7 Å². The summed E-state index contributed by atoms with van der Waals surface area (Å²) >= 11 is 0. The van der Waals surface area contributed by atoms with Crippen molar-refractivity contribution in [2.45, 2.75) is 33.1 Å². The highest BCUT2D eigenvalue weighted by molar-refractivity contribution is 6.04. The number of rotatable bonds is 7. The van der Waals surface area contributed by atoms with Crippen molar-refractivity contribution >= 4 is 17.6 Å². The first-order valence-electron chi connectivity index (χ1n) is 8.31. The minimum atomic E-state index is -0.363. The van der Waals surface area contributed by atoms with E-state index in [-0.39, 0.29) is 11.9 Å². The van der Waals surface area contributed by atoms with Gasteiger partial charge in [-0.1, -0.05) is 25.5 Å². The molecule has 0 fully saturated rings.